The lowest BCUT2D eigenvalue weighted by molar-refractivity contribution is -0.00522. The Morgan fingerprint density at radius 3 is 1.94 bits per heavy atom. The Balaban J connectivity index is 1.07. The molecule has 0 atom stereocenters. The molecule has 0 aromatic heterocycles. The summed E-state index contributed by atoms with van der Waals surface area (Å²) in [5.74, 6) is 3.61. The van der Waals surface area contributed by atoms with E-state index in [2.05, 4.69) is 122 Å². The van der Waals surface area contributed by atoms with Crippen molar-refractivity contribution in [3.05, 3.63) is 125 Å². The lowest BCUT2D eigenvalue weighted by Gasteiger charge is -2.57. The molecule has 0 saturated heterocycles. The van der Waals surface area contributed by atoms with Crippen LogP contribution in [0.4, 0.5) is 17.1 Å². The number of anilines is 3. The quantitative estimate of drug-likeness (QED) is 0.187. The third kappa shape index (κ3) is 4.49. The predicted molar refractivity (Wildman–Crippen MR) is 202 cm³/mol. The second-order valence-corrected chi connectivity index (χ2v) is 17.1. The van der Waals surface area contributed by atoms with Crippen LogP contribution in [0.25, 0.3) is 21.9 Å². The summed E-state index contributed by atoms with van der Waals surface area (Å²) in [6, 6.07) is 40.3. The smallest absolute Gasteiger partial charge is 0.0540 e. The molecule has 0 radical (unpaired) electrons. The first kappa shape index (κ1) is 29.1. The van der Waals surface area contributed by atoms with Crippen LogP contribution in [0.15, 0.2) is 103 Å². The Morgan fingerprint density at radius 2 is 1.21 bits per heavy atom. The highest BCUT2D eigenvalue weighted by Crippen LogP contribution is 2.62. The molecule has 5 saturated carbocycles. The highest BCUT2D eigenvalue weighted by Gasteiger charge is 2.52. The molecule has 5 aromatic carbocycles. The van der Waals surface area contributed by atoms with E-state index < -0.39 is 0 Å². The summed E-state index contributed by atoms with van der Waals surface area (Å²) in [7, 11) is 0. The molecule has 0 aliphatic heterocycles. The number of fused-ring (bicyclic) bond motifs is 4. The Kier molecular flexibility index (Phi) is 6.57. The molecule has 242 valence electrons. The van der Waals surface area contributed by atoms with Crippen LogP contribution in [0.2, 0.25) is 0 Å². The van der Waals surface area contributed by atoms with Crippen molar-refractivity contribution < 1.29 is 0 Å². The fourth-order valence-corrected chi connectivity index (χ4v) is 11.8. The summed E-state index contributed by atoms with van der Waals surface area (Å²) in [5, 5.41) is 2.57. The Bertz CT molecular complexity index is 1980. The van der Waals surface area contributed by atoms with Gasteiger partial charge in [-0.25, -0.2) is 0 Å². The van der Waals surface area contributed by atoms with Crippen LogP contribution in [0.5, 0.6) is 0 Å². The van der Waals surface area contributed by atoms with Gasteiger partial charge >= 0.3 is 0 Å². The van der Waals surface area contributed by atoms with E-state index in [1.54, 1.807) is 5.56 Å². The van der Waals surface area contributed by atoms with Gasteiger partial charge in [-0.2, -0.15) is 0 Å². The fraction of sp³-hybridized carbons (Fsp3) is 0.404. The number of hydrogen-bond donors (Lipinski definition) is 0. The lowest BCUT2D eigenvalue weighted by Crippen LogP contribution is -2.48. The van der Waals surface area contributed by atoms with Gasteiger partial charge < -0.3 is 4.90 Å². The van der Waals surface area contributed by atoms with Gasteiger partial charge in [0.05, 0.1) is 5.69 Å². The van der Waals surface area contributed by atoms with Gasteiger partial charge in [-0.3, -0.25) is 0 Å². The van der Waals surface area contributed by atoms with Gasteiger partial charge in [0.2, 0.25) is 0 Å². The van der Waals surface area contributed by atoms with Crippen molar-refractivity contribution in [2.24, 2.45) is 17.8 Å². The summed E-state index contributed by atoms with van der Waals surface area (Å²) in [6.45, 7) is 4.96. The molecule has 5 aromatic rings. The highest BCUT2D eigenvalue weighted by molar-refractivity contribution is 5.99. The van der Waals surface area contributed by atoms with Crippen molar-refractivity contribution >= 4 is 27.8 Å². The molecule has 1 heteroatoms. The maximum Gasteiger partial charge on any atom is 0.0540 e. The average Bonchev–Trinajstić information content (AvgIpc) is 3.34. The van der Waals surface area contributed by atoms with E-state index in [1.807, 2.05) is 0 Å². The molecule has 0 amide bonds. The number of nitrogens with zero attached hydrogens (tertiary/aromatic N) is 1. The van der Waals surface area contributed by atoms with Crippen molar-refractivity contribution in [1.29, 1.82) is 0 Å². The number of rotatable bonds is 5. The zero-order chi connectivity index (χ0) is 32.0. The Hall–Kier alpha value is -3.84. The summed E-state index contributed by atoms with van der Waals surface area (Å²) >= 11 is 0. The maximum absolute atomic E-state index is 2.68. The zero-order valence-corrected chi connectivity index (χ0v) is 28.8. The van der Waals surface area contributed by atoms with E-state index in [9.17, 15) is 0 Å². The highest BCUT2D eigenvalue weighted by atomic mass is 15.1. The molecule has 5 fully saturated rings. The molecule has 0 spiro atoms. The monoisotopic (exact) mass is 627 g/mol. The van der Waals surface area contributed by atoms with Crippen LogP contribution >= 0.6 is 0 Å². The molecule has 11 rings (SSSR count). The normalized spacial score (nSPS) is 26.8. The van der Waals surface area contributed by atoms with Gasteiger partial charge in [-0.1, -0.05) is 106 Å². The second kappa shape index (κ2) is 10.8. The van der Waals surface area contributed by atoms with Gasteiger partial charge in [0.15, 0.2) is 0 Å². The number of hydrogen-bond acceptors (Lipinski definition) is 1. The molecular weight excluding hydrogens is 579 g/mol. The van der Waals surface area contributed by atoms with E-state index >= 15 is 0 Å². The van der Waals surface area contributed by atoms with Crippen molar-refractivity contribution in [2.75, 3.05) is 4.90 Å². The first-order chi connectivity index (χ1) is 23.4. The van der Waals surface area contributed by atoms with E-state index in [0.29, 0.717) is 11.3 Å². The first-order valence-corrected chi connectivity index (χ1v) is 19.1. The van der Waals surface area contributed by atoms with E-state index in [1.165, 1.54) is 126 Å². The summed E-state index contributed by atoms with van der Waals surface area (Å²) in [5.41, 5.74) is 13.1. The van der Waals surface area contributed by atoms with Gasteiger partial charge in [0, 0.05) is 22.2 Å². The number of benzene rings is 5. The molecular formula is C47H49N. The Labute approximate surface area is 287 Å². The van der Waals surface area contributed by atoms with Gasteiger partial charge in [-0.15, -0.1) is 0 Å². The second-order valence-electron chi connectivity index (χ2n) is 17.1. The van der Waals surface area contributed by atoms with Crippen LogP contribution in [0, 0.1) is 17.8 Å². The van der Waals surface area contributed by atoms with Crippen LogP contribution in [0.3, 0.4) is 0 Å². The largest absolute Gasteiger partial charge is 0.310 e. The van der Waals surface area contributed by atoms with E-state index in [0.717, 1.165) is 17.8 Å². The van der Waals surface area contributed by atoms with Gasteiger partial charge in [-0.05, 0) is 150 Å². The van der Waals surface area contributed by atoms with E-state index in [-0.39, 0.29) is 5.41 Å². The molecule has 6 aliphatic carbocycles. The maximum atomic E-state index is 2.68. The van der Waals surface area contributed by atoms with Crippen LogP contribution in [0.1, 0.15) is 113 Å². The topological polar surface area (TPSA) is 3.24 Å². The van der Waals surface area contributed by atoms with Crippen molar-refractivity contribution in [1.82, 2.24) is 0 Å². The van der Waals surface area contributed by atoms with E-state index in [4.69, 9.17) is 0 Å². The Morgan fingerprint density at radius 1 is 0.583 bits per heavy atom. The van der Waals surface area contributed by atoms with Crippen molar-refractivity contribution in [3.63, 3.8) is 0 Å². The molecule has 1 nitrogen and oxygen atoms in total. The minimum atomic E-state index is -0.0474. The lowest BCUT2D eigenvalue weighted by atomic mass is 9.48. The summed E-state index contributed by atoms with van der Waals surface area (Å²) in [4.78, 5) is 2.52. The predicted octanol–water partition coefficient (Wildman–Crippen LogP) is 13.1. The first-order valence-electron chi connectivity index (χ1n) is 19.1. The van der Waals surface area contributed by atoms with Gasteiger partial charge in [0.1, 0.15) is 0 Å². The van der Waals surface area contributed by atoms with Crippen LogP contribution < -0.4 is 4.90 Å². The minimum absolute atomic E-state index is 0.0474. The van der Waals surface area contributed by atoms with Crippen molar-refractivity contribution in [2.45, 2.75) is 101 Å². The van der Waals surface area contributed by atoms with Crippen molar-refractivity contribution in [3.8, 4) is 11.1 Å². The average molecular weight is 628 g/mol. The SMILES string of the molecule is CC1(C)c2cc(N(c3ccc(C4CCCCC4)cc3)c3cccc4ccccc34)ccc2-c2ccc(C34CC5CC(CC(C5)C3)C4)cc21. The standard InChI is InChI=1S/C47H49N/c1-46(2)43-26-37(47-28-31-23-32(29-47)25-33(24-31)30-47)17-21-41(43)42-22-20-39(27-44(42)46)48(45-14-8-12-36-11-6-7-13-40(36)45)38-18-15-35(16-19-38)34-9-4-3-5-10-34/h6-8,11-22,26-27,31-34H,3-5,9-10,23-25,28-30H2,1-2H3. The van der Waals surface area contributed by atoms with Crippen LogP contribution in [-0.2, 0) is 10.8 Å². The molecule has 0 unspecified atom stereocenters. The molecule has 6 aliphatic rings. The van der Waals surface area contributed by atoms with Crippen LogP contribution in [-0.4, -0.2) is 0 Å². The molecule has 48 heavy (non-hydrogen) atoms. The fourth-order valence-electron chi connectivity index (χ4n) is 11.8. The van der Waals surface area contributed by atoms with Gasteiger partial charge in [0.25, 0.3) is 0 Å². The third-order valence-electron chi connectivity index (χ3n) is 13.8. The summed E-state index contributed by atoms with van der Waals surface area (Å²) < 4.78 is 0. The molecule has 4 bridgehead atoms. The third-order valence-corrected chi connectivity index (χ3v) is 13.8. The zero-order valence-electron chi connectivity index (χ0n) is 28.8. The summed E-state index contributed by atoms with van der Waals surface area (Å²) in [6.07, 6.45) is 15.6. The molecule has 0 N–H and O–H groups in total. The molecule has 0 heterocycles. The minimum Gasteiger partial charge on any atom is -0.310 e.